The quantitative estimate of drug-likeness (QED) is 0.353. The van der Waals surface area contributed by atoms with Crippen LogP contribution in [0.4, 0.5) is 9.80 Å². The van der Waals surface area contributed by atoms with Crippen molar-refractivity contribution < 1.29 is 41.8 Å². The molecule has 0 saturated carbocycles. The van der Waals surface area contributed by atoms with E-state index in [1.54, 1.807) is 18.7 Å². The number of carbonyl (C=O) groups is 4. The first-order valence-corrected chi connectivity index (χ1v) is 15.6. The minimum Gasteiger partial charge on any atom is -0.469 e. The Morgan fingerprint density at radius 3 is 2.27 bits per heavy atom. The van der Waals surface area contributed by atoms with Crippen molar-refractivity contribution in [2.45, 2.75) is 44.6 Å². The first-order valence-electron chi connectivity index (χ1n) is 13.3. The number of amides is 2. The van der Waals surface area contributed by atoms with E-state index < -0.39 is 28.0 Å². The van der Waals surface area contributed by atoms with Gasteiger partial charge in [0.1, 0.15) is 5.00 Å². The molecule has 0 bridgehead atoms. The molecule has 2 aromatic rings. The maximum absolute atomic E-state index is 13.2. The molecule has 0 atom stereocenters. The zero-order valence-electron chi connectivity index (χ0n) is 23.1. The highest BCUT2D eigenvalue weighted by Gasteiger charge is 2.34. The third-order valence-corrected chi connectivity index (χ3v) is 10.1. The number of esters is 2. The molecule has 14 heteroatoms. The monoisotopic (exact) mass is 607 g/mol. The summed E-state index contributed by atoms with van der Waals surface area (Å²) >= 11 is 1.19. The van der Waals surface area contributed by atoms with Crippen molar-refractivity contribution in [3.63, 3.8) is 0 Å². The Morgan fingerprint density at radius 1 is 1.00 bits per heavy atom. The first-order chi connectivity index (χ1) is 19.6. The molecular weight excluding hydrogens is 574 g/mol. The molecule has 1 N–H and O–H groups in total. The summed E-state index contributed by atoms with van der Waals surface area (Å²) in [6, 6.07) is 5.53. The van der Waals surface area contributed by atoms with E-state index in [-0.39, 0.29) is 60.8 Å². The first kappa shape index (κ1) is 30.5. The molecule has 0 spiro atoms. The van der Waals surface area contributed by atoms with Gasteiger partial charge in [-0.25, -0.2) is 18.0 Å². The molecular formula is C27H33N3O9S2. The number of rotatable bonds is 8. The maximum Gasteiger partial charge on any atom is 0.410 e. The molecule has 1 aromatic carbocycles. The number of thiophene rings is 1. The molecule has 1 aromatic heterocycles. The van der Waals surface area contributed by atoms with Crippen molar-refractivity contribution in [1.29, 1.82) is 0 Å². The van der Waals surface area contributed by atoms with E-state index >= 15 is 0 Å². The number of carbonyl (C=O) groups excluding carboxylic acids is 4. The number of ether oxygens (including phenoxy) is 3. The van der Waals surface area contributed by atoms with Crippen LogP contribution in [0.15, 0.2) is 29.2 Å². The van der Waals surface area contributed by atoms with Crippen molar-refractivity contribution in [2.75, 3.05) is 45.3 Å². The number of nitrogens with one attached hydrogen (secondary N) is 1. The van der Waals surface area contributed by atoms with E-state index in [4.69, 9.17) is 14.2 Å². The Labute approximate surface area is 242 Å². The number of hydrogen-bond donors (Lipinski definition) is 1. The lowest BCUT2D eigenvalue weighted by atomic mass is 9.99. The van der Waals surface area contributed by atoms with Gasteiger partial charge in [0.15, 0.2) is 0 Å². The summed E-state index contributed by atoms with van der Waals surface area (Å²) in [5.74, 6) is -1.76. The van der Waals surface area contributed by atoms with Crippen LogP contribution in [0, 0.1) is 5.92 Å². The van der Waals surface area contributed by atoms with Crippen LogP contribution in [-0.2, 0) is 42.0 Å². The SMILES string of the molecule is CCOC(=O)c1c(NC(=O)c2ccc(S(=O)(=O)N3CCC(C(=O)OC)CC3)cc2)sc2c1CCN(C(=O)OCC)C2. The van der Waals surface area contributed by atoms with Crippen LogP contribution in [0.2, 0.25) is 0 Å². The Morgan fingerprint density at radius 2 is 1.66 bits per heavy atom. The average molecular weight is 608 g/mol. The highest BCUT2D eigenvalue weighted by molar-refractivity contribution is 7.89. The highest BCUT2D eigenvalue weighted by atomic mass is 32.2. The smallest absolute Gasteiger partial charge is 0.410 e. The molecule has 0 radical (unpaired) electrons. The maximum atomic E-state index is 13.2. The van der Waals surface area contributed by atoms with Crippen molar-refractivity contribution >= 4 is 50.3 Å². The molecule has 41 heavy (non-hydrogen) atoms. The number of anilines is 1. The third kappa shape index (κ3) is 6.54. The van der Waals surface area contributed by atoms with Crippen molar-refractivity contribution in [3.8, 4) is 0 Å². The zero-order valence-corrected chi connectivity index (χ0v) is 24.8. The number of benzene rings is 1. The van der Waals surface area contributed by atoms with Gasteiger partial charge in [-0.1, -0.05) is 0 Å². The van der Waals surface area contributed by atoms with Gasteiger partial charge in [0, 0.05) is 30.1 Å². The lowest BCUT2D eigenvalue weighted by Gasteiger charge is -2.29. The minimum atomic E-state index is -3.81. The van der Waals surface area contributed by atoms with E-state index in [2.05, 4.69) is 5.32 Å². The molecule has 3 heterocycles. The number of sulfonamides is 1. The van der Waals surface area contributed by atoms with E-state index in [0.29, 0.717) is 30.8 Å². The summed E-state index contributed by atoms with van der Waals surface area (Å²) < 4.78 is 42.7. The lowest BCUT2D eigenvalue weighted by Crippen LogP contribution is -2.40. The summed E-state index contributed by atoms with van der Waals surface area (Å²) in [6.45, 7) is 4.80. The second-order valence-corrected chi connectivity index (χ2v) is 12.5. The van der Waals surface area contributed by atoms with Gasteiger partial charge in [-0.15, -0.1) is 11.3 Å². The van der Waals surface area contributed by atoms with Crippen LogP contribution >= 0.6 is 11.3 Å². The lowest BCUT2D eigenvalue weighted by molar-refractivity contribution is -0.146. The molecule has 222 valence electrons. The Kier molecular flexibility index (Phi) is 9.66. The fraction of sp³-hybridized carbons (Fsp3) is 0.481. The summed E-state index contributed by atoms with van der Waals surface area (Å²) in [4.78, 5) is 52.3. The number of piperidine rings is 1. The fourth-order valence-corrected chi connectivity index (χ4v) is 7.60. The van der Waals surface area contributed by atoms with Gasteiger partial charge in [-0.05, 0) is 62.9 Å². The number of fused-ring (bicyclic) bond motifs is 1. The van der Waals surface area contributed by atoms with Crippen molar-refractivity contribution in [2.24, 2.45) is 5.92 Å². The summed E-state index contributed by atoms with van der Waals surface area (Å²) in [5.41, 5.74) is 1.18. The van der Waals surface area contributed by atoms with Gasteiger partial charge < -0.3 is 24.4 Å². The Hall–Kier alpha value is -3.49. The van der Waals surface area contributed by atoms with Gasteiger partial charge in [0.05, 0.1) is 43.2 Å². The molecule has 1 saturated heterocycles. The molecule has 12 nitrogen and oxygen atoms in total. The second-order valence-electron chi connectivity index (χ2n) is 9.48. The van der Waals surface area contributed by atoms with Crippen LogP contribution in [0.1, 0.15) is 57.8 Å². The van der Waals surface area contributed by atoms with Crippen LogP contribution in [-0.4, -0.2) is 81.5 Å². The minimum absolute atomic E-state index is 0.0309. The van der Waals surface area contributed by atoms with Crippen LogP contribution < -0.4 is 5.32 Å². The van der Waals surface area contributed by atoms with Crippen LogP contribution in [0.3, 0.4) is 0 Å². The van der Waals surface area contributed by atoms with Gasteiger partial charge in [-0.2, -0.15) is 4.31 Å². The standard InChI is InChI=1S/C27H33N3O9S2/c1-4-38-26(33)22-20-12-13-29(27(34)39-5-2)16-21(20)40-24(22)28-23(31)17-6-8-19(9-7-17)41(35,36)30-14-10-18(11-15-30)25(32)37-3/h6-9,18H,4-5,10-16H2,1-3H3,(H,28,31). The van der Waals surface area contributed by atoms with Gasteiger partial charge in [0.25, 0.3) is 5.91 Å². The largest absolute Gasteiger partial charge is 0.469 e. The summed E-state index contributed by atoms with van der Waals surface area (Å²) in [7, 11) is -2.50. The van der Waals surface area contributed by atoms with Crippen molar-refractivity contribution in [1.82, 2.24) is 9.21 Å². The predicted molar refractivity (Wildman–Crippen MR) is 149 cm³/mol. The van der Waals surface area contributed by atoms with Gasteiger partial charge in [0.2, 0.25) is 10.0 Å². The Balaban J connectivity index is 1.50. The molecule has 4 rings (SSSR count). The summed E-state index contributed by atoms with van der Waals surface area (Å²) in [6.07, 6.45) is 0.699. The fourth-order valence-electron chi connectivity index (χ4n) is 4.88. The molecule has 2 aliphatic rings. The van der Waals surface area contributed by atoms with Crippen LogP contribution in [0.25, 0.3) is 0 Å². The average Bonchev–Trinajstić information content (AvgIpc) is 3.34. The van der Waals surface area contributed by atoms with Crippen LogP contribution in [0.5, 0.6) is 0 Å². The summed E-state index contributed by atoms with van der Waals surface area (Å²) in [5, 5.41) is 3.08. The molecule has 1 fully saturated rings. The number of nitrogens with zero attached hydrogens (tertiary/aromatic N) is 2. The zero-order chi connectivity index (χ0) is 29.7. The molecule has 2 amide bonds. The van der Waals surface area contributed by atoms with Gasteiger partial charge in [-0.3, -0.25) is 9.59 Å². The second kappa shape index (κ2) is 13.0. The molecule has 0 unspecified atom stereocenters. The Bertz CT molecular complexity index is 1410. The number of hydrogen-bond acceptors (Lipinski definition) is 10. The van der Waals surface area contributed by atoms with E-state index in [0.717, 1.165) is 10.4 Å². The molecule has 2 aliphatic heterocycles. The van der Waals surface area contributed by atoms with E-state index in [9.17, 15) is 27.6 Å². The van der Waals surface area contributed by atoms with Gasteiger partial charge >= 0.3 is 18.0 Å². The predicted octanol–water partition coefficient (Wildman–Crippen LogP) is 3.27. The molecule has 0 aliphatic carbocycles. The third-order valence-electron chi connectivity index (χ3n) is 7.03. The highest BCUT2D eigenvalue weighted by Crippen LogP contribution is 2.38. The normalized spacial score (nSPS) is 16.0. The number of methoxy groups -OCH3 is 1. The van der Waals surface area contributed by atoms with E-state index in [1.165, 1.54) is 47.0 Å². The van der Waals surface area contributed by atoms with E-state index in [1.807, 2.05) is 0 Å². The van der Waals surface area contributed by atoms with Crippen molar-refractivity contribution in [3.05, 3.63) is 45.8 Å². The topological polar surface area (TPSA) is 149 Å².